The van der Waals surface area contributed by atoms with Crippen LogP contribution in [-0.4, -0.2) is 24.2 Å². The highest BCUT2D eigenvalue weighted by Crippen LogP contribution is 2.39. The molecule has 0 saturated carbocycles. The van der Waals surface area contributed by atoms with Crippen molar-refractivity contribution in [3.05, 3.63) is 50.6 Å². The van der Waals surface area contributed by atoms with E-state index in [1.165, 1.54) is 25.6 Å². The number of nitrogens with zero attached hydrogens (tertiary/aromatic N) is 1. The van der Waals surface area contributed by atoms with Gasteiger partial charge in [-0.2, -0.15) is 0 Å². The van der Waals surface area contributed by atoms with Gasteiger partial charge in [0.05, 0.1) is 3.79 Å². The van der Waals surface area contributed by atoms with Gasteiger partial charge in [-0.1, -0.05) is 18.2 Å². The van der Waals surface area contributed by atoms with Gasteiger partial charge in [-0.3, -0.25) is 0 Å². The van der Waals surface area contributed by atoms with Crippen LogP contribution >= 0.6 is 39.0 Å². The van der Waals surface area contributed by atoms with Gasteiger partial charge in [0.2, 0.25) is 0 Å². The van der Waals surface area contributed by atoms with Gasteiger partial charge in [-0.25, -0.2) is 0 Å². The lowest BCUT2D eigenvalue weighted by atomic mass is 10.0. The average Bonchev–Trinajstić information content (AvgIpc) is 2.97. The molecule has 100 valence electrons. The van der Waals surface area contributed by atoms with Crippen LogP contribution in [0.5, 0.6) is 0 Å². The highest BCUT2D eigenvalue weighted by molar-refractivity contribution is 9.11. The Kier molecular flexibility index (Phi) is 4.32. The molecule has 1 unspecified atom stereocenters. The summed E-state index contributed by atoms with van der Waals surface area (Å²) in [5.41, 5.74) is 2.93. The Labute approximate surface area is 131 Å². The van der Waals surface area contributed by atoms with E-state index in [4.69, 9.17) is 0 Å². The van der Waals surface area contributed by atoms with Crippen molar-refractivity contribution in [3.8, 4) is 0 Å². The van der Waals surface area contributed by atoms with Crippen LogP contribution in [0.25, 0.3) is 0 Å². The Bertz CT molecular complexity index is 567. The number of benzene rings is 1. The fourth-order valence-electron chi connectivity index (χ4n) is 2.56. The fraction of sp³-hybridized carbons (Fsp3) is 0.333. The molecule has 1 nitrogen and oxygen atoms in total. The van der Waals surface area contributed by atoms with E-state index in [2.05, 4.69) is 63.6 Å². The standard InChI is InChI=1S/C15H16BrNS2/c1-17(7-11-6-15(16)19-9-11)8-12-10-18-14-5-3-2-4-13(12)14/h2-6,9,12H,7-8,10H2,1H3. The van der Waals surface area contributed by atoms with Gasteiger partial charge in [-0.15, -0.1) is 23.1 Å². The zero-order valence-corrected chi connectivity index (χ0v) is 14.0. The maximum absolute atomic E-state index is 3.53. The molecule has 1 atom stereocenters. The van der Waals surface area contributed by atoms with Gasteiger partial charge in [0.1, 0.15) is 0 Å². The summed E-state index contributed by atoms with van der Waals surface area (Å²) in [6.45, 7) is 2.17. The molecule has 0 N–H and O–H groups in total. The van der Waals surface area contributed by atoms with E-state index in [0.29, 0.717) is 5.92 Å². The van der Waals surface area contributed by atoms with Crippen LogP contribution in [0.4, 0.5) is 0 Å². The van der Waals surface area contributed by atoms with Gasteiger partial charge >= 0.3 is 0 Å². The fourth-order valence-corrected chi connectivity index (χ4v) is 5.00. The highest BCUT2D eigenvalue weighted by atomic mass is 79.9. The molecule has 0 saturated heterocycles. The topological polar surface area (TPSA) is 3.24 Å². The number of thioether (sulfide) groups is 1. The summed E-state index contributed by atoms with van der Waals surface area (Å²) in [5, 5.41) is 2.23. The second-order valence-corrected chi connectivity index (χ2v) is 8.35. The largest absolute Gasteiger partial charge is 0.301 e. The Morgan fingerprint density at radius 1 is 1.37 bits per heavy atom. The van der Waals surface area contributed by atoms with Gasteiger partial charge in [0, 0.05) is 29.7 Å². The molecule has 1 aliphatic rings. The minimum atomic E-state index is 0.674. The lowest BCUT2D eigenvalue weighted by Gasteiger charge is -2.20. The lowest BCUT2D eigenvalue weighted by molar-refractivity contribution is 0.312. The minimum Gasteiger partial charge on any atom is -0.301 e. The first-order chi connectivity index (χ1) is 9.22. The van der Waals surface area contributed by atoms with E-state index < -0.39 is 0 Å². The monoisotopic (exact) mass is 353 g/mol. The first-order valence-corrected chi connectivity index (χ1v) is 9.01. The second kappa shape index (κ2) is 6.00. The predicted octanol–water partition coefficient (Wildman–Crippen LogP) is 4.83. The van der Waals surface area contributed by atoms with E-state index in [9.17, 15) is 0 Å². The van der Waals surface area contributed by atoms with Crippen molar-refractivity contribution in [3.63, 3.8) is 0 Å². The van der Waals surface area contributed by atoms with Gasteiger partial charge < -0.3 is 4.90 Å². The molecule has 2 aromatic rings. The van der Waals surface area contributed by atoms with Crippen LogP contribution in [0, 0.1) is 0 Å². The van der Waals surface area contributed by atoms with Crippen molar-refractivity contribution in [2.45, 2.75) is 17.4 Å². The Balaban J connectivity index is 1.63. The molecule has 0 bridgehead atoms. The molecular formula is C15H16BrNS2. The van der Waals surface area contributed by atoms with Crippen LogP contribution in [0.2, 0.25) is 0 Å². The molecule has 0 radical (unpaired) electrons. The zero-order valence-electron chi connectivity index (χ0n) is 10.8. The van der Waals surface area contributed by atoms with E-state index in [1.807, 2.05) is 11.8 Å². The first-order valence-electron chi connectivity index (χ1n) is 6.35. The van der Waals surface area contributed by atoms with E-state index in [0.717, 1.165) is 13.1 Å². The number of thiophene rings is 1. The Morgan fingerprint density at radius 3 is 3.00 bits per heavy atom. The molecule has 0 fully saturated rings. The van der Waals surface area contributed by atoms with Crippen molar-refractivity contribution < 1.29 is 0 Å². The normalized spacial score (nSPS) is 17.9. The van der Waals surface area contributed by atoms with Crippen molar-refractivity contribution in [2.75, 3.05) is 19.3 Å². The summed E-state index contributed by atoms with van der Waals surface area (Å²) in [4.78, 5) is 3.90. The molecular weight excluding hydrogens is 338 g/mol. The van der Waals surface area contributed by atoms with Crippen LogP contribution in [0.1, 0.15) is 17.0 Å². The highest BCUT2D eigenvalue weighted by Gasteiger charge is 2.23. The first kappa shape index (κ1) is 13.7. The van der Waals surface area contributed by atoms with Crippen molar-refractivity contribution >= 4 is 39.0 Å². The molecule has 1 aromatic heterocycles. The summed E-state index contributed by atoms with van der Waals surface area (Å²) >= 11 is 7.29. The summed E-state index contributed by atoms with van der Waals surface area (Å²) in [6.07, 6.45) is 0. The second-order valence-electron chi connectivity index (χ2n) is 5.00. The zero-order chi connectivity index (χ0) is 13.2. The average molecular weight is 354 g/mol. The quantitative estimate of drug-likeness (QED) is 0.774. The lowest BCUT2D eigenvalue weighted by Crippen LogP contribution is -2.24. The number of halogens is 1. The van der Waals surface area contributed by atoms with Crippen LogP contribution in [0.3, 0.4) is 0 Å². The smallest absolute Gasteiger partial charge is 0.0701 e. The predicted molar refractivity (Wildman–Crippen MR) is 88.3 cm³/mol. The SMILES string of the molecule is CN(Cc1csc(Br)c1)CC1CSc2ccccc21. The Morgan fingerprint density at radius 2 is 2.21 bits per heavy atom. The molecule has 4 heteroatoms. The molecule has 2 heterocycles. The van der Waals surface area contributed by atoms with Gasteiger partial charge in [0.15, 0.2) is 0 Å². The summed E-state index contributed by atoms with van der Waals surface area (Å²) in [5.74, 6) is 1.89. The van der Waals surface area contributed by atoms with Crippen LogP contribution in [-0.2, 0) is 6.54 Å². The van der Waals surface area contributed by atoms with Gasteiger partial charge in [0.25, 0.3) is 0 Å². The van der Waals surface area contributed by atoms with E-state index in [-0.39, 0.29) is 0 Å². The molecule has 0 spiro atoms. The van der Waals surface area contributed by atoms with Crippen molar-refractivity contribution in [1.29, 1.82) is 0 Å². The summed E-state index contributed by atoms with van der Waals surface area (Å²) in [6, 6.07) is 11.1. The number of rotatable bonds is 4. The van der Waals surface area contributed by atoms with Gasteiger partial charge in [-0.05, 0) is 51.6 Å². The molecule has 0 aliphatic carbocycles. The van der Waals surface area contributed by atoms with Crippen molar-refractivity contribution in [1.82, 2.24) is 4.90 Å². The molecule has 3 rings (SSSR count). The maximum Gasteiger partial charge on any atom is 0.0701 e. The third-order valence-corrected chi connectivity index (χ3v) is 6.21. The molecule has 0 amide bonds. The maximum atomic E-state index is 3.53. The van der Waals surface area contributed by atoms with Crippen molar-refractivity contribution in [2.24, 2.45) is 0 Å². The third kappa shape index (κ3) is 3.24. The number of likely N-dealkylation sites (N-methyl/N-ethyl adjacent to an activating group) is 1. The molecule has 1 aromatic carbocycles. The number of hydrogen-bond donors (Lipinski definition) is 0. The number of hydrogen-bond acceptors (Lipinski definition) is 3. The summed E-state index contributed by atoms with van der Waals surface area (Å²) < 4.78 is 1.22. The molecule has 1 aliphatic heterocycles. The number of fused-ring (bicyclic) bond motifs is 1. The van der Waals surface area contributed by atoms with Crippen LogP contribution < -0.4 is 0 Å². The third-order valence-electron chi connectivity index (χ3n) is 3.41. The minimum absolute atomic E-state index is 0.674. The summed E-state index contributed by atoms with van der Waals surface area (Å²) in [7, 11) is 2.22. The molecule has 19 heavy (non-hydrogen) atoms. The van der Waals surface area contributed by atoms with Crippen LogP contribution in [0.15, 0.2) is 44.4 Å². The van der Waals surface area contributed by atoms with E-state index in [1.54, 1.807) is 11.3 Å². The van der Waals surface area contributed by atoms with E-state index >= 15 is 0 Å². The Hall–Kier alpha value is -0.290.